The zero-order chi connectivity index (χ0) is 13.9. The number of nitrogens with zero attached hydrogens (tertiary/aromatic N) is 1. The molecule has 3 nitrogen and oxygen atoms in total. The normalized spacial score (nSPS) is 23.4. The van der Waals surface area contributed by atoms with Crippen molar-refractivity contribution >= 4 is 22.3 Å². The number of nitrogens with two attached hydrogens (primary N) is 1. The van der Waals surface area contributed by atoms with Crippen LogP contribution < -0.4 is 11.1 Å². The summed E-state index contributed by atoms with van der Waals surface area (Å²) in [5.74, 6) is 0.698. The molecule has 0 amide bonds. The summed E-state index contributed by atoms with van der Waals surface area (Å²) in [4.78, 5) is 4.41. The van der Waals surface area contributed by atoms with Crippen molar-refractivity contribution in [3.05, 3.63) is 30.5 Å². The SMILES string of the molecule is CC1CCCCCC1Nc1c(N)cnc2ccccc12. The molecule has 20 heavy (non-hydrogen) atoms. The molecule has 1 saturated carbocycles. The first-order valence-corrected chi connectivity index (χ1v) is 7.65. The molecule has 1 aromatic heterocycles. The predicted molar refractivity (Wildman–Crippen MR) is 85.8 cm³/mol. The fraction of sp³-hybridized carbons (Fsp3) is 0.471. The monoisotopic (exact) mass is 269 g/mol. The van der Waals surface area contributed by atoms with Crippen LogP contribution in [0.25, 0.3) is 10.9 Å². The maximum atomic E-state index is 6.16. The van der Waals surface area contributed by atoms with E-state index in [1.807, 2.05) is 18.2 Å². The number of pyridine rings is 1. The Balaban J connectivity index is 1.95. The van der Waals surface area contributed by atoms with Crippen LogP contribution in [0.5, 0.6) is 0 Å². The average Bonchev–Trinajstić information content (AvgIpc) is 2.67. The van der Waals surface area contributed by atoms with E-state index in [1.54, 1.807) is 6.20 Å². The van der Waals surface area contributed by atoms with Gasteiger partial charge in [-0.1, -0.05) is 44.4 Å². The molecule has 1 heterocycles. The van der Waals surface area contributed by atoms with E-state index in [0.29, 0.717) is 12.0 Å². The summed E-state index contributed by atoms with van der Waals surface area (Å²) in [6.45, 7) is 2.35. The highest BCUT2D eigenvalue weighted by Crippen LogP contribution is 2.32. The second kappa shape index (κ2) is 5.70. The lowest BCUT2D eigenvalue weighted by atomic mass is 9.96. The number of anilines is 2. The molecule has 1 fully saturated rings. The molecule has 0 spiro atoms. The lowest BCUT2D eigenvalue weighted by molar-refractivity contribution is 0.457. The van der Waals surface area contributed by atoms with Crippen LogP contribution >= 0.6 is 0 Å². The fourth-order valence-corrected chi connectivity index (χ4v) is 3.21. The van der Waals surface area contributed by atoms with Crippen molar-refractivity contribution in [2.75, 3.05) is 11.1 Å². The zero-order valence-electron chi connectivity index (χ0n) is 12.1. The lowest BCUT2D eigenvalue weighted by Gasteiger charge is -2.25. The van der Waals surface area contributed by atoms with E-state index in [1.165, 1.54) is 32.1 Å². The quantitative estimate of drug-likeness (QED) is 0.803. The van der Waals surface area contributed by atoms with Gasteiger partial charge in [-0.05, 0) is 24.8 Å². The molecule has 3 N–H and O–H groups in total. The average molecular weight is 269 g/mol. The van der Waals surface area contributed by atoms with Crippen LogP contribution in [0, 0.1) is 5.92 Å². The Labute approximate surface area is 120 Å². The van der Waals surface area contributed by atoms with Crippen LogP contribution in [0.1, 0.15) is 39.0 Å². The van der Waals surface area contributed by atoms with Gasteiger partial charge in [-0.3, -0.25) is 4.98 Å². The molecule has 106 valence electrons. The first kappa shape index (κ1) is 13.2. The van der Waals surface area contributed by atoms with E-state index in [2.05, 4.69) is 23.3 Å². The van der Waals surface area contributed by atoms with Gasteiger partial charge in [0.05, 0.1) is 23.1 Å². The molecule has 1 aliphatic rings. The second-order valence-electron chi connectivity index (χ2n) is 5.97. The van der Waals surface area contributed by atoms with Gasteiger partial charge in [-0.25, -0.2) is 0 Å². The maximum Gasteiger partial charge on any atom is 0.0743 e. The molecule has 2 unspecified atom stereocenters. The number of para-hydroxylation sites is 1. The minimum absolute atomic E-state index is 0.519. The van der Waals surface area contributed by atoms with Gasteiger partial charge in [0, 0.05) is 11.4 Å². The van der Waals surface area contributed by atoms with Crippen molar-refractivity contribution in [2.45, 2.75) is 45.1 Å². The highest BCUT2D eigenvalue weighted by Gasteiger charge is 2.21. The number of benzene rings is 1. The first-order chi connectivity index (χ1) is 9.75. The standard InChI is InChI=1S/C17H23N3/c1-12-7-3-2-4-9-15(12)20-17-13-8-5-6-10-16(13)19-11-14(17)18/h5-6,8,10-12,15H,2-4,7,9,18H2,1H3,(H,19,20). The van der Waals surface area contributed by atoms with Crippen molar-refractivity contribution in [3.63, 3.8) is 0 Å². The van der Waals surface area contributed by atoms with Gasteiger partial charge in [0.15, 0.2) is 0 Å². The lowest BCUT2D eigenvalue weighted by Crippen LogP contribution is -2.26. The molecule has 0 radical (unpaired) electrons. The van der Waals surface area contributed by atoms with Gasteiger partial charge in [0.1, 0.15) is 0 Å². The van der Waals surface area contributed by atoms with Crippen molar-refractivity contribution in [1.82, 2.24) is 4.98 Å². The number of nitrogen functional groups attached to an aromatic ring is 1. The van der Waals surface area contributed by atoms with Gasteiger partial charge in [0.25, 0.3) is 0 Å². The van der Waals surface area contributed by atoms with E-state index in [4.69, 9.17) is 5.73 Å². The van der Waals surface area contributed by atoms with Crippen LogP contribution in [-0.2, 0) is 0 Å². The van der Waals surface area contributed by atoms with Crippen LogP contribution in [0.4, 0.5) is 11.4 Å². The molecular weight excluding hydrogens is 246 g/mol. The molecule has 1 aromatic carbocycles. The third-order valence-electron chi connectivity index (χ3n) is 4.50. The zero-order valence-corrected chi connectivity index (χ0v) is 12.1. The largest absolute Gasteiger partial charge is 0.396 e. The van der Waals surface area contributed by atoms with Crippen LogP contribution in [0.2, 0.25) is 0 Å². The van der Waals surface area contributed by atoms with Gasteiger partial charge >= 0.3 is 0 Å². The molecule has 1 aliphatic carbocycles. The Morgan fingerprint density at radius 1 is 1.15 bits per heavy atom. The molecule has 0 aliphatic heterocycles. The summed E-state index contributed by atoms with van der Waals surface area (Å²) in [5, 5.41) is 4.85. The summed E-state index contributed by atoms with van der Waals surface area (Å²) in [7, 11) is 0. The van der Waals surface area contributed by atoms with Gasteiger partial charge in [-0.15, -0.1) is 0 Å². The van der Waals surface area contributed by atoms with Gasteiger partial charge in [0.2, 0.25) is 0 Å². The van der Waals surface area contributed by atoms with Gasteiger partial charge in [-0.2, -0.15) is 0 Å². The summed E-state index contributed by atoms with van der Waals surface area (Å²) in [5.41, 5.74) is 8.98. The fourth-order valence-electron chi connectivity index (χ4n) is 3.21. The number of fused-ring (bicyclic) bond motifs is 1. The summed E-state index contributed by atoms with van der Waals surface area (Å²) in [6, 6.07) is 8.72. The van der Waals surface area contributed by atoms with Crippen LogP contribution in [0.3, 0.4) is 0 Å². The highest BCUT2D eigenvalue weighted by molar-refractivity contribution is 5.96. The number of rotatable bonds is 2. The first-order valence-electron chi connectivity index (χ1n) is 7.65. The Kier molecular flexibility index (Phi) is 3.77. The Hall–Kier alpha value is -1.77. The van der Waals surface area contributed by atoms with Gasteiger partial charge < -0.3 is 11.1 Å². The summed E-state index contributed by atoms with van der Waals surface area (Å²) in [6.07, 6.45) is 8.33. The molecule has 0 bridgehead atoms. The van der Waals surface area contributed by atoms with E-state index in [9.17, 15) is 0 Å². The number of hydrogen-bond donors (Lipinski definition) is 2. The van der Waals surface area contributed by atoms with Crippen molar-refractivity contribution < 1.29 is 0 Å². The van der Waals surface area contributed by atoms with E-state index in [-0.39, 0.29) is 0 Å². The molecular formula is C17H23N3. The van der Waals surface area contributed by atoms with Crippen molar-refractivity contribution in [3.8, 4) is 0 Å². The van der Waals surface area contributed by atoms with E-state index < -0.39 is 0 Å². The number of aromatic nitrogens is 1. The molecule has 2 aromatic rings. The molecule has 0 saturated heterocycles. The third kappa shape index (κ3) is 2.58. The smallest absolute Gasteiger partial charge is 0.0743 e. The topological polar surface area (TPSA) is 50.9 Å². The highest BCUT2D eigenvalue weighted by atomic mass is 15.0. The maximum absolute atomic E-state index is 6.16. The molecule has 3 rings (SSSR count). The van der Waals surface area contributed by atoms with E-state index >= 15 is 0 Å². The Bertz CT molecular complexity index is 594. The Morgan fingerprint density at radius 2 is 1.95 bits per heavy atom. The summed E-state index contributed by atoms with van der Waals surface area (Å²) < 4.78 is 0. The minimum Gasteiger partial charge on any atom is -0.396 e. The molecule has 3 heteroatoms. The number of hydrogen-bond acceptors (Lipinski definition) is 3. The third-order valence-corrected chi connectivity index (χ3v) is 4.50. The Morgan fingerprint density at radius 3 is 2.85 bits per heavy atom. The summed E-state index contributed by atoms with van der Waals surface area (Å²) >= 11 is 0. The number of nitrogens with one attached hydrogen (secondary N) is 1. The minimum atomic E-state index is 0.519. The van der Waals surface area contributed by atoms with E-state index in [0.717, 1.165) is 22.3 Å². The van der Waals surface area contributed by atoms with Crippen LogP contribution in [0.15, 0.2) is 30.5 Å². The molecule has 2 atom stereocenters. The van der Waals surface area contributed by atoms with Crippen LogP contribution in [-0.4, -0.2) is 11.0 Å². The predicted octanol–water partition coefficient (Wildman–Crippen LogP) is 4.20. The van der Waals surface area contributed by atoms with Crippen molar-refractivity contribution in [1.29, 1.82) is 0 Å². The second-order valence-corrected chi connectivity index (χ2v) is 5.97. The van der Waals surface area contributed by atoms with Crippen molar-refractivity contribution in [2.24, 2.45) is 5.92 Å².